The summed E-state index contributed by atoms with van der Waals surface area (Å²) in [6.07, 6.45) is 7.71. The van der Waals surface area contributed by atoms with Crippen molar-refractivity contribution in [1.82, 2.24) is 9.38 Å². The Hall–Kier alpha value is -3.65. The maximum atomic E-state index is 13.7. The molecule has 3 heterocycles. The molecule has 1 fully saturated rings. The first kappa shape index (κ1) is 26.0. The number of nitrogens with zero attached hydrogens (tertiary/aromatic N) is 3. The van der Waals surface area contributed by atoms with E-state index in [0.29, 0.717) is 22.2 Å². The van der Waals surface area contributed by atoms with E-state index in [1.807, 2.05) is 78.0 Å². The van der Waals surface area contributed by atoms with Gasteiger partial charge in [-0.05, 0) is 69.2 Å². The molecule has 1 aromatic carbocycles. The van der Waals surface area contributed by atoms with Crippen LogP contribution in [0.4, 0.5) is 11.4 Å². The molecule has 0 atom stereocenters. The molecule has 0 saturated heterocycles. The highest BCUT2D eigenvalue weighted by atomic mass is 32.1. The average molecular weight is 531 g/mol. The van der Waals surface area contributed by atoms with Crippen LogP contribution in [0.1, 0.15) is 56.1 Å². The molecule has 0 bridgehead atoms. The summed E-state index contributed by atoms with van der Waals surface area (Å²) < 4.78 is 7.04. The van der Waals surface area contributed by atoms with Gasteiger partial charge in [-0.2, -0.15) is 0 Å². The molecule has 5 rings (SSSR count). The van der Waals surface area contributed by atoms with Crippen molar-refractivity contribution in [3.05, 3.63) is 59.7 Å². The number of amides is 1. The Balaban J connectivity index is 1.47. The zero-order chi connectivity index (χ0) is 27.0. The number of nitrogens with two attached hydrogens (primary N) is 1. The molecule has 0 radical (unpaired) electrons. The van der Waals surface area contributed by atoms with Gasteiger partial charge in [0.2, 0.25) is 5.91 Å². The minimum atomic E-state index is -0.424. The van der Waals surface area contributed by atoms with Crippen LogP contribution >= 0.6 is 11.3 Å². The van der Waals surface area contributed by atoms with Crippen LogP contribution in [-0.2, 0) is 9.53 Å². The van der Waals surface area contributed by atoms with E-state index in [-0.39, 0.29) is 17.9 Å². The number of carbonyl (C=O) groups is 2. The van der Waals surface area contributed by atoms with Gasteiger partial charge in [0, 0.05) is 40.5 Å². The second-order valence-corrected chi connectivity index (χ2v) is 11.6. The number of carbonyl (C=O) groups excluding carboxylic acids is 2. The zero-order valence-corrected chi connectivity index (χ0v) is 23.1. The summed E-state index contributed by atoms with van der Waals surface area (Å²) >= 11 is 1.36. The maximum Gasteiger partial charge on any atom is 0.350 e. The summed E-state index contributed by atoms with van der Waals surface area (Å²) in [5.41, 5.74) is 10.8. The van der Waals surface area contributed by atoms with Gasteiger partial charge in [0.05, 0.1) is 18.5 Å². The molecule has 0 aliphatic heterocycles. The number of nitrogen functional groups attached to an aromatic ring is 1. The van der Waals surface area contributed by atoms with Crippen LogP contribution in [0.2, 0.25) is 0 Å². The van der Waals surface area contributed by atoms with Crippen LogP contribution in [0.15, 0.2) is 54.9 Å². The molecule has 38 heavy (non-hydrogen) atoms. The number of thiophene rings is 1. The number of aromatic nitrogens is 2. The van der Waals surface area contributed by atoms with Gasteiger partial charge in [-0.3, -0.25) is 4.79 Å². The number of fused-ring (bicyclic) bond motifs is 1. The van der Waals surface area contributed by atoms with Gasteiger partial charge >= 0.3 is 5.97 Å². The third-order valence-corrected chi connectivity index (χ3v) is 8.55. The lowest BCUT2D eigenvalue weighted by molar-refractivity contribution is -0.123. The molecular formula is C30H34N4O3S. The van der Waals surface area contributed by atoms with Crippen molar-refractivity contribution in [1.29, 1.82) is 0 Å². The summed E-state index contributed by atoms with van der Waals surface area (Å²) in [6, 6.07) is 13.7. The molecule has 7 nitrogen and oxygen atoms in total. The van der Waals surface area contributed by atoms with Crippen molar-refractivity contribution in [3.8, 4) is 21.7 Å². The highest BCUT2D eigenvalue weighted by molar-refractivity contribution is 7.18. The number of hydrogen-bond acceptors (Lipinski definition) is 6. The Bertz CT molecular complexity index is 1460. The summed E-state index contributed by atoms with van der Waals surface area (Å²) in [7, 11) is 1.38. The maximum absolute atomic E-state index is 13.7. The topological polar surface area (TPSA) is 89.9 Å². The Kier molecular flexibility index (Phi) is 7.25. The normalized spacial score (nSPS) is 17.6. The lowest BCUT2D eigenvalue weighted by atomic mass is 9.82. The Morgan fingerprint density at radius 1 is 1.05 bits per heavy atom. The summed E-state index contributed by atoms with van der Waals surface area (Å²) in [4.78, 5) is 34.4. The summed E-state index contributed by atoms with van der Waals surface area (Å²) in [5.74, 6) is 0.325. The fraction of sp³-hybridized carbons (Fsp3) is 0.367. The van der Waals surface area contributed by atoms with Crippen LogP contribution in [0.25, 0.3) is 27.3 Å². The number of anilines is 2. The van der Waals surface area contributed by atoms with Gasteiger partial charge in [0.15, 0.2) is 0 Å². The lowest BCUT2D eigenvalue weighted by Crippen LogP contribution is -2.42. The Labute approximate surface area is 227 Å². The van der Waals surface area contributed by atoms with Crippen LogP contribution < -0.4 is 10.6 Å². The second kappa shape index (κ2) is 10.6. The Morgan fingerprint density at radius 2 is 1.74 bits per heavy atom. The predicted octanol–water partition coefficient (Wildman–Crippen LogP) is 6.67. The van der Waals surface area contributed by atoms with E-state index >= 15 is 0 Å². The van der Waals surface area contributed by atoms with Crippen molar-refractivity contribution in [2.24, 2.45) is 11.8 Å². The molecular weight excluding hydrogens is 496 g/mol. The van der Waals surface area contributed by atoms with Crippen LogP contribution in [0.5, 0.6) is 0 Å². The van der Waals surface area contributed by atoms with E-state index < -0.39 is 5.97 Å². The van der Waals surface area contributed by atoms with E-state index in [1.165, 1.54) is 18.4 Å². The number of methoxy groups -OCH3 is 1. The molecule has 198 valence electrons. The SMILES string of the molecule is COC(=O)c1sc(-c2ccc(-c3cn4cc(N)ccc4n3)cc2)cc1N(C(=O)[C@H]1CC[C@H](C)CC1)C(C)C. The average Bonchev–Trinajstić information content (AvgIpc) is 3.53. The number of benzene rings is 1. The van der Waals surface area contributed by atoms with Crippen molar-refractivity contribution >= 4 is 40.2 Å². The van der Waals surface area contributed by atoms with E-state index in [9.17, 15) is 9.59 Å². The number of pyridine rings is 1. The number of esters is 1. The molecule has 0 unspecified atom stereocenters. The third-order valence-electron chi connectivity index (χ3n) is 7.40. The van der Waals surface area contributed by atoms with Crippen LogP contribution in [-0.4, -0.2) is 34.4 Å². The standard InChI is InChI=1S/C30H34N4O3S/c1-18(2)34(29(35)22-7-5-19(3)6-8-22)25-15-26(38-28(25)30(36)37-4)21-11-9-20(10-12-21)24-17-33-16-23(31)13-14-27(33)32-24/h9-19,22H,5-8,31H2,1-4H3/t19-,22-. The quantitative estimate of drug-likeness (QED) is 0.281. The van der Waals surface area contributed by atoms with Crippen molar-refractivity contribution in [2.75, 3.05) is 17.7 Å². The van der Waals surface area contributed by atoms with Crippen LogP contribution in [0.3, 0.4) is 0 Å². The zero-order valence-electron chi connectivity index (χ0n) is 22.3. The molecule has 2 N–H and O–H groups in total. The van der Waals surface area contributed by atoms with Gasteiger partial charge in [-0.25, -0.2) is 9.78 Å². The highest BCUT2D eigenvalue weighted by Gasteiger charge is 2.33. The largest absolute Gasteiger partial charge is 0.465 e. The molecule has 1 aliphatic rings. The van der Waals surface area contributed by atoms with Gasteiger partial charge < -0.3 is 19.8 Å². The molecule has 1 aliphatic carbocycles. The highest BCUT2D eigenvalue weighted by Crippen LogP contribution is 2.40. The van der Waals surface area contributed by atoms with Gasteiger partial charge in [-0.15, -0.1) is 11.3 Å². The summed E-state index contributed by atoms with van der Waals surface area (Å²) in [5, 5.41) is 0. The van der Waals surface area contributed by atoms with Crippen molar-refractivity contribution in [3.63, 3.8) is 0 Å². The minimum Gasteiger partial charge on any atom is -0.465 e. The molecule has 3 aromatic heterocycles. The van der Waals surface area contributed by atoms with Gasteiger partial charge in [0.25, 0.3) is 0 Å². The molecule has 0 spiro atoms. The molecule has 1 amide bonds. The fourth-order valence-corrected chi connectivity index (χ4v) is 6.32. The fourth-order valence-electron chi connectivity index (χ4n) is 5.25. The van der Waals surface area contributed by atoms with E-state index in [1.54, 1.807) is 0 Å². The van der Waals surface area contributed by atoms with Crippen molar-refractivity contribution in [2.45, 2.75) is 52.5 Å². The van der Waals surface area contributed by atoms with E-state index in [4.69, 9.17) is 15.5 Å². The van der Waals surface area contributed by atoms with Gasteiger partial charge in [0.1, 0.15) is 10.5 Å². The molecule has 8 heteroatoms. The third kappa shape index (κ3) is 5.05. The van der Waals surface area contributed by atoms with E-state index in [0.717, 1.165) is 53.0 Å². The first-order chi connectivity index (χ1) is 18.2. The monoisotopic (exact) mass is 530 g/mol. The predicted molar refractivity (Wildman–Crippen MR) is 153 cm³/mol. The smallest absolute Gasteiger partial charge is 0.350 e. The lowest BCUT2D eigenvalue weighted by Gasteiger charge is -2.33. The number of imidazole rings is 1. The second-order valence-electron chi connectivity index (χ2n) is 10.5. The Morgan fingerprint density at radius 3 is 2.39 bits per heavy atom. The number of rotatable bonds is 6. The first-order valence-electron chi connectivity index (χ1n) is 13.2. The number of ether oxygens (including phenoxy) is 1. The number of hydrogen-bond donors (Lipinski definition) is 1. The van der Waals surface area contributed by atoms with Crippen LogP contribution in [0, 0.1) is 11.8 Å². The molecule has 1 saturated carbocycles. The van der Waals surface area contributed by atoms with Gasteiger partial charge in [-0.1, -0.05) is 31.2 Å². The van der Waals surface area contributed by atoms with E-state index in [2.05, 4.69) is 6.92 Å². The summed E-state index contributed by atoms with van der Waals surface area (Å²) in [6.45, 7) is 6.25. The van der Waals surface area contributed by atoms with Crippen molar-refractivity contribution < 1.29 is 14.3 Å². The minimum absolute atomic E-state index is 0.0116. The first-order valence-corrected chi connectivity index (χ1v) is 14.0. The molecule has 4 aromatic rings.